The van der Waals surface area contributed by atoms with Crippen LogP contribution in [-0.2, 0) is 4.74 Å². The maximum Gasteiger partial charge on any atom is 0.127 e. The molecule has 1 atom stereocenters. The van der Waals surface area contributed by atoms with E-state index >= 15 is 0 Å². The first-order valence-corrected chi connectivity index (χ1v) is 5.99. The van der Waals surface area contributed by atoms with Crippen molar-refractivity contribution in [2.75, 3.05) is 13.7 Å². The fourth-order valence-corrected chi connectivity index (χ4v) is 1.63. The molecule has 0 radical (unpaired) electrons. The number of hydrogen-bond acceptors (Lipinski definition) is 2. The summed E-state index contributed by atoms with van der Waals surface area (Å²) in [4.78, 5) is 0. The molecular formula is C14H22FNO. The number of hydrogen-bond donors (Lipinski definition) is 1. The van der Waals surface area contributed by atoms with Gasteiger partial charge in [0, 0.05) is 18.7 Å². The number of benzene rings is 1. The number of halogens is 1. The first kappa shape index (κ1) is 14.1. The van der Waals surface area contributed by atoms with E-state index in [-0.39, 0.29) is 17.5 Å². The molecule has 2 nitrogen and oxygen atoms in total. The molecule has 0 bridgehead atoms. The highest BCUT2D eigenvalue weighted by molar-refractivity contribution is 5.20. The Bertz CT molecular complexity index is 352. The zero-order chi connectivity index (χ0) is 12.9. The second-order valence-corrected chi connectivity index (χ2v) is 4.91. The Labute approximate surface area is 103 Å². The van der Waals surface area contributed by atoms with Crippen LogP contribution in [-0.4, -0.2) is 19.3 Å². The van der Waals surface area contributed by atoms with Crippen molar-refractivity contribution in [2.24, 2.45) is 0 Å². The highest BCUT2D eigenvalue weighted by Crippen LogP contribution is 2.17. The lowest BCUT2D eigenvalue weighted by molar-refractivity contribution is 0.0154. The predicted molar refractivity (Wildman–Crippen MR) is 68.5 cm³/mol. The third-order valence-corrected chi connectivity index (χ3v) is 3.10. The molecule has 0 amide bonds. The van der Waals surface area contributed by atoms with Crippen molar-refractivity contribution in [2.45, 2.75) is 38.8 Å². The van der Waals surface area contributed by atoms with Gasteiger partial charge in [-0.1, -0.05) is 18.2 Å². The average molecular weight is 239 g/mol. The van der Waals surface area contributed by atoms with Gasteiger partial charge in [-0.2, -0.15) is 0 Å². The summed E-state index contributed by atoms with van der Waals surface area (Å²) in [7, 11) is 1.71. The summed E-state index contributed by atoms with van der Waals surface area (Å²) in [6.07, 6.45) is 0.891. The SMILES string of the molecule is COC(C)(C)CCNC(C)c1ccccc1F. The first-order valence-electron chi connectivity index (χ1n) is 5.99. The molecule has 3 heteroatoms. The normalized spacial score (nSPS) is 13.7. The molecule has 1 aromatic rings. The highest BCUT2D eigenvalue weighted by Gasteiger charge is 2.16. The van der Waals surface area contributed by atoms with E-state index < -0.39 is 0 Å². The van der Waals surface area contributed by atoms with Crippen LogP contribution in [0.2, 0.25) is 0 Å². The zero-order valence-electron chi connectivity index (χ0n) is 11.1. The van der Waals surface area contributed by atoms with Crippen molar-refractivity contribution < 1.29 is 9.13 Å². The largest absolute Gasteiger partial charge is 0.379 e. The Hall–Kier alpha value is -0.930. The number of methoxy groups -OCH3 is 1. The summed E-state index contributed by atoms with van der Waals surface area (Å²) < 4.78 is 18.8. The maximum atomic E-state index is 13.5. The standard InChI is InChI=1S/C14H22FNO/c1-11(12-7-5-6-8-13(12)15)16-10-9-14(2,3)17-4/h5-8,11,16H,9-10H2,1-4H3. The molecule has 0 saturated carbocycles. The van der Waals surface area contributed by atoms with E-state index in [1.165, 1.54) is 6.07 Å². The molecule has 0 aliphatic heterocycles. The van der Waals surface area contributed by atoms with Gasteiger partial charge in [0.1, 0.15) is 5.82 Å². The fraction of sp³-hybridized carbons (Fsp3) is 0.571. The zero-order valence-corrected chi connectivity index (χ0v) is 11.1. The lowest BCUT2D eigenvalue weighted by Crippen LogP contribution is -2.30. The Kier molecular flexibility index (Phi) is 5.09. The summed E-state index contributed by atoms with van der Waals surface area (Å²) in [5, 5.41) is 3.31. The number of ether oxygens (including phenoxy) is 1. The van der Waals surface area contributed by atoms with E-state index in [2.05, 4.69) is 5.32 Å². The summed E-state index contributed by atoms with van der Waals surface area (Å²) in [6.45, 7) is 6.86. The predicted octanol–water partition coefficient (Wildman–Crippen LogP) is 3.29. The van der Waals surface area contributed by atoms with Crippen LogP contribution >= 0.6 is 0 Å². The molecule has 0 aromatic heterocycles. The Balaban J connectivity index is 2.46. The van der Waals surface area contributed by atoms with E-state index in [1.54, 1.807) is 13.2 Å². The quantitative estimate of drug-likeness (QED) is 0.822. The van der Waals surface area contributed by atoms with Gasteiger partial charge < -0.3 is 10.1 Å². The Morgan fingerprint density at radius 2 is 2.00 bits per heavy atom. The molecule has 0 heterocycles. The van der Waals surface area contributed by atoms with Crippen molar-refractivity contribution in [1.29, 1.82) is 0 Å². The van der Waals surface area contributed by atoms with Crippen LogP contribution in [0.1, 0.15) is 38.8 Å². The molecule has 0 fully saturated rings. The van der Waals surface area contributed by atoms with Crippen molar-refractivity contribution in [3.63, 3.8) is 0 Å². The van der Waals surface area contributed by atoms with Crippen molar-refractivity contribution in [1.82, 2.24) is 5.32 Å². The van der Waals surface area contributed by atoms with Gasteiger partial charge in [-0.3, -0.25) is 0 Å². The minimum absolute atomic E-state index is 0.0175. The van der Waals surface area contributed by atoms with Gasteiger partial charge in [0.2, 0.25) is 0 Å². The van der Waals surface area contributed by atoms with Gasteiger partial charge in [-0.15, -0.1) is 0 Å². The molecule has 0 aliphatic rings. The van der Waals surface area contributed by atoms with Crippen LogP contribution in [0.3, 0.4) is 0 Å². The van der Waals surface area contributed by atoms with E-state index in [1.807, 2.05) is 32.9 Å². The minimum atomic E-state index is -0.154. The second kappa shape index (κ2) is 6.12. The summed E-state index contributed by atoms with van der Waals surface area (Å²) >= 11 is 0. The smallest absolute Gasteiger partial charge is 0.127 e. The van der Waals surface area contributed by atoms with E-state index in [9.17, 15) is 4.39 Å². The first-order chi connectivity index (χ1) is 7.96. The maximum absolute atomic E-state index is 13.5. The molecule has 0 saturated heterocycles. The van der Waals surface area contributed by atoms with Crippen molar-refractivity contribution in [3.8, 4) is 0 Å². The summed E-state index contributed by atoms with van der Waals surface area (Å²) in [5.74, 6) is -0.154. The molecule has 1 rings (SSSR count). The third kappa shape index (κ3) is 4.44. The van der Waals surface area contributed by atoms with E-state index in [0.29, 0.717) is 5.56 Å². The van der Waals surface area contributed by atoms with Crippen LogP contribution in [0.15, 0.2) is 24.3 Å². The molecule has 17 heavy (non-hydrogen) atoms. The van der Waals surface area contributed by atoms with Gasteiger partial charge in [-0.05, 0) is 39.8 Å². The van der Waals surface area contributed by atoms with Gasteiger partial charge in [0.15, 0.2) is 0 Å². The molecule has 96 valence electrons. The van der Waals surface area contributed by atoms with E-state index in [0.717, 1.165) is 13.0 Å². The van der Waals surface area contributed by atoms with Crippen LogP contribution < -0.4 is 5.32 Å². The van der Waals surface area contributed by atoms with Crippen molar-refractivity contribution in [3.05, 3.63) is 35.6 Å². The molecule has 0 spiro atoms. The highest BCUT2D eigenvalue weighted by atomic mass is 19.1. The summed E-state index contributed by atoms with van der Waals surface area (Å²) in [5.41, 5.74) is 0.574. The number of nitrogens with one attached hydrogen (secondary N) is 1. The molecule has 1 N–H and O–H groups in total. The molecule has 1 unspecified atom stereocenters. The monoisotopic (exact) mass is 239 g/mol. The van der Waals surface area contributed by atoms with Crippen LogP contribution in [0.25, 0.3) is 0 Å². The van der Waals surface area contributed by atoms with Crippen molar-refractivity contribution >= 4 is 0 Å². The average Bonchev–Trinajstić information content (AvgIpc) is 2.29. The fourth-order valence-electron chi connectivity index (χ4n) is 1.63. The summed E-state index contributed by atoms with van der Waals surface area (Å²) in [6, 6.07) is 6.89. The van der Waals surface area contributed by atoms with Gasteiger partial charge >= 0.3 is 0 Å². The van der Waals surface area contributed by atoms with Gasteiger partial charge in [0.05, 0.1) is 5.60 Å². The lowest BCUT2D eigenvalue weighted by Gasteiger charge is -2.24. The van der Waals surface area contributed by atoms with Crippen LogP contribution in [0.5, 0.6) is 0 Å². The molecular weight excluding hydrogens is 217 g/mol. The van der Waals surface area contributed by atoms with Gasteiger partial charge in [0.25, 0.3) is 0 Å². The Morgan fingerprint density at radius 3 is 2.59 bits per heavy atom. The van der Waals surface area contributed by atoms with Gasteiger partial charge in [-0.25, -0.2) is 4.39 Å². The van der Waals surface area contributed by atoms with Crippen LogP contribution in [0.4, 0.5) is 4.39 Å². The Morgan fingerprint density at radius 1 is 1.35 bits per heavy atom. The van der Waals surface area contributed by atoms with Crippen LogP contribution in [0, 0.1) is 5.82 Å². The number of rotatable bonds is 6. The second-order valence-electron chi connectivity index (χ2n) is 4.91. The minimum Gasteiger partial charge on any atom is -0.379 e. The third-order valence-electron chi connectivity index (χ3n) is 3.10. The molecule has 1 aromatic carbocycles. The topological polar surface area (TPSA) is 21.3 Å². The molecule has 0 aliphatic carbocycles. The lowest BCUT2D eigenvalue weighted by atomic mass is 10.0. The van der Waals surface area contributed by atoms with E-state index in [4.69, 9.17) is 4.74 Å².